The Morgan fingerprint density at radius 3 is 2.39 bits per heavy atom. The van der Waals surface area contributed by atoms with Crippen molar-refractivity contribution in [2.45, 2.75) is 31.2 Å². The van der Waals surface area contributed by atoms with E-state index in [1.807, 2.05) is 32.0 Å². The molecule has 28 heavy (non-hydrogen) atoms. The van der Waals surface area contributed by atoms with Crippen molar-refractivity contribution in [3.05, 3.63) is 63.7 Å². The first-order chi connectivity index (χ1) is 13.3. The summed E-state index contributed by atoms with van der Waals surface area (Å²) in [7, 11) is 0. The summed E-state index contributed by atoms with van der Waals surface area (Å²) in [6, 6.07) is 11.6. The van der Waals surface area contributed by atoms with Gasteiger partial charge in [0.15, 0.2) is 0 Å². The number of anilines is 1. The Hall–Kier alpha value is -3.20. The number of nitro benzene ring substituents is 1. The molecule has 2 aromatic carbocycles. The second-order valence-corrected chi connectivity index (χ2v) is 7.49. The number of benzene rings is 2. The molecule has 0 saturated heterocycles. The van der Waals surface area contributed by atoms with Crippen LogP contribution in [0.3, 0.4) is 0 Å². The van der Waals surface area contributed by atoms with Crippen LogP contribution < -0.4 is 5.32 Å². The number of hydrogen-bond acceptors (Lipinski definition) is 7. The van der Waals surface area contributed by atoms with E-state index in [-0.39, 0.29) is 22.7 Å². The zero-order chi connectivity index (χ0) is 20.3. The maximum atomic E-state index is 12.5. The predicted molar refractivity (Wildman–Crippen MR) is 106 cm³/mol. The Morgan fingerprint density at radius 2 is 1.79 bits per heavy atom. The van der Waals surface area contributed by atoms with Gasteiger partial charge in [-0.3, -0.25) is 14.9 Å². The highest BCUT2D eigenvalue weighted by atomic mass is 32.2. The summed E-state index contributed by atoms with van der Waals surface area (Å²) in [5.41, 5.74) is 3.33. The number of rotatable bonds is 6. The minimum atomic E-state index is -0.477. The van der Waals surface area contributed by atoms with Gasteiger partial charge in [-0.15, -0.1) is 10.2 Å². The number of amides is 1. The average Bonchev–Trinajstić information content (AvgIpc) is 3.13. The highest BCUT2D eigenvalue weighted by Gasteiger charge is 2.20. The first kappa shape index (κ1) is 19.6. The first-order valence-corrected chi connectivity index (χ1v) is 9.35. The number of carbonyl (C=O) groups is 1. The van der Waals surface area contributed by atoms with E-state index in [2.05, 4.69) is 15.5 Å². The molecule has 0 aliphatic carbocycles. The van der Waals surface area contributed by atoms with E-state index in [1.165, 1.54) is 24.3 Å². The van der Waals surface area contributed by atoms with Crippen molar-refractivity contribution in [1.82, 2.24) is 10.2 Å². The lowest BCUT2D eigenvalue weighted by atomic mass is 10.1. The topological polar surface area (TPSA) is 111 Å². The molecule has 3 rings (SSSR count). The van der Waals surface area contributed by atoms with E-state index >= 15 is 0 Å². The highest BCUT2D eigenvalue weighted by Crippen LogP contribution is 2.28. The molecule has 1 aromatic heterocycles. The first-order valence-electron chi connectivity index (χ1n) is 8.47. The Balaban J connectivity index is 1.67. The van der Waals surface area contributed by atoms with Crippen LogP contribution in [0.1, 0.15) is 18.1 Å². The third kappa shape index (κ3) is 4.37. The van der Waals surface area contributed by atoms with Gasteiger partial charge in [-0.2, -0.15) is 0 Å². The van der Waals surface area contributed by atoms with Crippen molar-refractivity contribution in [2.75, 3.05) is 5.32 Å². The largest absolute Gasteiger partial charge is 0.411 e. The van der Waals surface area contributed by atoms with Crippen LogP contribution in [-0.2, 0) is 4.79 Å². The fraction of sp³-hybridized carbons (Fsp3) is 0.211. The van der Waals surface area contributed by atoms with Gasteiger partial charge in [-0.1, -0.05) is 30.0 Å². The number of para-hydroxylation sites is 1. The van der Waals surface area contributed by atoms with Crippen LogP contribution in [0.15, 0.2) is 52.1 Å². The van der Waals surface area contributed by atoms with Crippen LogP contribution in [0.4, 0.5) is 11.4 Å². The summed E-state index contributed by atoms with van der Waals surface area (Å²) < 4.78 is 5.58. The number of carbonyl (C=O) groups excluding carboxylic acids is 1. The van der Waals surface area contributed by atoms with Crippen molar-refractivity contribution in [1.29, 1.82) is 0 Å². The quantitative estimate of drug-likeness (QED) is 0.372. The maximum Gasteiger partial charge on any atom is 0.277 e. The Kier molecular flexibility index (Phi) is 5.74. The lowest BCUT2D eigenvalue weighted by molar-refractivity contribution is -0.384. The zero-order valence-electron chi connectivity index (χ0n) is 15.5. The third-order valence-electron chi connectivity index (χ3n) is 4.11. The Morgan fingerprint density at radius 1 is 1.14 bits per heavy atom. The Bertz CT molecular complexity index is 997. The minimum absolute atomic E-state index is 0.0188. The fourth-order valence-electron chi connectivity index (χ4n) is 2.54. The van der Waals surface area contributed by atoms with Gasteiger partial charge >= 0.3 is 0 Å². The number of nitrogens with one attached hydrogen (secondary N) is 1. The van der Waals surface area contributed by atoms with Crippen LogP contribution in [-0.4, -0.2) is 26.3 Å². The van der Waals surface area contributed by atoms with Crippen molar-refractivity contribution in [3.63, 3.8) is 0 Å². The van der Waals surface area contributed by atoms with Gasteiger partial charge in [0.05, 0.1) is 10.2 Å². The molecule has 0 unspecified atom stereocenters. The summed E-state index contributed by atoms with van der Waals surface area (Å²) in [6.45, 7) is 5.63. The van der Waals surface area contributed by atoms with Gasteiger partial charge in [0.1, 0.15) is 0 Å². The second kappa shape index (κ2) is 8.22. The number of nitrogens with zero attached hydrogens (tertiary/aromatic N) is 3. The molecule has 144 valence electrons. The van der Waals surface area contributed by atoms with Gasteiger partial charge in [0.25, 0.3) is 10.9 Å². The van der Waals surface area contributed by atoms with Crippen molar-refractivity contribution >= 4 is 29.0 Å². The number of aromatic nitrogens is 2. The standard InChI is InChI=1S/C19H18N4O4S/c1-11-5-4-6-12(2)16(11)20-17(24)13(3)28-19-22-21-18(27-19)14-7-9-15(10-8-14)23(25)26/h4-10,13H,1-3H3,(H,20,24)/t13-/m1/s1. The van der Waals surface area contributed by atoms with Gasteiger partial charge in [-0.25, -0.2) is 0 Å². The van der Waals surface area contributed by atoms with E-state index < -0.39 is 10.2 Å². The predicted octanol–water partition coefficient (Wildman–Crippen LogP) is 4.38. The van der Waals surface area contributed by atoms with E-state index in [4.69, 9.17) is 4.42 Å². The molecule has 8 nitrogen and oxygen atoms in total. The summed E-state index contributed by atoms with van der Waals surface area (Å²) in [5, 5.41) is 21.4. The van der Waals surface area contributed by atoms with Crippen molar-refractivity contribution in [3.8, 4) is 11.5 Å². The van der Waals surface area contributed by atoms with Crippen molar-refractivity contribution in [2.24, 2.45) is 0 Å². The number of non-ortho nitro benzene ring substituents is 1. The molecule has 0 radical (unpaired) electrons. The molecule has 1 atom stereocenters. The maximum absolute atomic E-state index is 12.5. The van der Waals surface area contributed by atoms with E-state index in [0.717, 1.165) is 28.6 Å². The molecule has 1 amide bonds. The molecule has 0 aliphatic rings. The summed E-state index contributed by atoms with van der Waals surface area (Å²) in [6.07, 6.45) is 0. The van der Waals surface area contributed by atoms with Crippen LogP contribution in [0, 0.1) is 24.0 Å². The van der Waals surface area contributed by atoms with Crippen molar-refractivity contribution < 1.29 is 14.1 Å². The molecule has 1 heterocycles. The molecule has 1 N–H and O–H groups in total. The molecular formula is C19H18N4O4S. The Labute approximate surface area is 165 Å². The SMILES string of the molecule is Cc1cccc(C)c1NC(=O)[C@@H](C)Sc1nnc(-c2ccc([N+](=O)[O-])cc2)o1. The molecule has 0 fully saturated rings. The van der Waals surface area contributed by atoms with E-state index in [0.29, 0.717) is 5.56 Å². The van der Waals surface area contributed by atoms with Gasteiger partial charge in [-0.05, 0) is 44.0 Å². The van der Waals surface area contributed by atoms with Gasteiger partial charge < -0.3 is 9.73 Å². The molecule has 9 heteroatoms. The van der Waals surface area contributed by atoms with E-state index in [9.17, 15) is 14.9 Å². The molecular weight excluding hydrogens is 380 g/mol. The average molecular weight is 398 g/mol. The number of nitro groups is 1. The van der Waals surface area contributed by atoms with Crippen LogP contribution in [0.2, 0.25) is 0 Å². The smallest absolute Gasteiger partial charge is 0.277 e. The lowest BCUT2D eigenvalue weighted by Gasteiger charge is -2.14. The summed E-state index contributed by atoms with van der Waals surface area (Å²) in [4.78, 5) is 22.8. The molecule has 3 aromatic rings. The highest BCUT2D eigenvalue weighted by molar-refractivity contribution is 8.00. The second-order valence-electron chi connectivity index (χ2n) is 6.19. The normalized spacial score (nSPS) is 11.8. The van der Waals surface area contributed by atoms with Crippen LogP contribution in [0.5, 0.6) is 0 Å². The monoisotopic (exact) mass is 398 g/mol. The van der Waals surface area contributed by atoms with Crippen LogP contribution >= 0.6 is 11.8 Å². The minimum Gasteiger partial charge on any atom is -0.411 e. The van der Waals surface area contributed by atoms with Gasteiger partial charge in [0.2, 0.25) is 11.8 Å². The zero-order valence-corrected chi connectivity index (χ0v) is 16.3. The molecule has 0 bridgehead atoms. The lowest BCUT2D eigenvalue weighted by Crippen LogP contribution is -2.23. The molecule has 0 spiro atoms. The molecule has 0 aliphatic heterocycles. The number of hydrogen-bond donors (Lipinski definition) is 1. The number of thioether (sulfide) groups is 1. The number of aryl methyl sites for hydroxylation is 2. The van der Waals surface area contributed by atoms with E-state index in [1.54, 1.807) is 6.92 Å². The van der Waals surface area contributed by atoms with Gasteiger partial charge in [0, 0.05) is 23.4 Å². The van der Waals surface area contributed by atoms with Crippen LogP contribution in [0.25, 0.3) is 11.5 Å². The third-order valence-corrected chi connectivity index (χ3v) is 5.04. The summed E-state index contributed by atoms with van der Waals surface area (Å²) in [5.74, 6) is 0.0669. The molecule has 0 saturated carbocycles. The summed E-state index contributed by atoms with van der Waals surface area (Å²) >= 11 is 1.15. The fourth-order valence-corrected chi connectivity index (χ4v) is 3.22.